The lowest BCUT2D eigenvalue weighted by Crippen LogP contribution is -2.28. The molecule has 1 fully saturated rings. The zero-order chi connectivity index (χ0) is 21.8. The van der Waals surface area contributed by atoms with Gasteiger partial charge in [-0.1, -0.05) is 0 Å². The minimum Gasteiger partial charge on any atom is -0.465 e. The summed E-state index contributed by atoms with van der Waals surface area (Å²) in [5.41, 5.74) is 0.746. The number of amides is 2. The Morgan fingerprint density at radius 2 is 1.70 bits per heavy atom. The lowest BCUT2D eigenvalue weighted by Gasteiger charge is -2.17. The van der Waals surface area contributed by atoms with Crippen LogP contribution in [-0.2, 0) is 19.1 Å². The van der Waals surface area contributed by atoms with Crippen LogP contribution < -0.4 is 10.2 Å². The van der Waals surface area contributed by atoms with Gasteiger partial charge in [-0.25, -0.2) is 14.0 Å². The Morgan fingerprint density at radius 1 is 1.03 bits per heavy atom. The number of hydrogen-bond donors (Lipinski definition) is 1. The molecule has 0 aliphatic carbocycles. The first-order valence-electron chi connectivity index (χ1n) is 9.01. The fourth-order valence-electron chi connectivity index (χ4n) is 3.17. The molecule has 0 unspecified atom stereocenters. The van der Waals surface area contributed by atoms with Gasteiger partial charge in [0.15, 0.2) is 0 Å². The maximum absolute atomic E-state index is 13.1. The highest BCUT2D eigenvalue weighted by molar-refractivity contribution is 6.07. The molecule has 9 heteroatoms. The van der Waals surface area contributed by atoms with E-state index in [1.807, 2.05) is 0 Å². The second-order valence-electron chi connectivity index (χ2n) is 6.61. The van der Waals surface area contributed by atoms with Gasteiger partial charge in [-0.3, -0.25) is 9.59 Å². The smallest absolute Gasteiger partial charge is 0.339 e. The van der Waals surface area contributed by atoms with Crippen LogP contribution in [0.3, 0.4) is 0 Å². The number of nitrogens with one attached hydrogen (secondary N) is 1. The van der Waals surface area contributed by atoms with E-state index < -0.39 is 29.6 Å². The van der Waals surface area contributed by atoms with Crippen molar-refractivity contribution < 1.29 is 33.0 Å². The number of ether oxygens (including phenoxy) is 2. The molecule has 0 spiro atoms. The Bertz CT molecular complexity index is 1010. The third kappa shape index (κ3) is 4.29. The molecule has 156 valence electrons. The summed E-state index contributed by atoms with van der Waals surface area (Å²) in [6.07, 6.45) is -0.0482. The van der Waals surface area contributed by atoms with Crippen molar-refractivity contribution in [2.24, 2.45) is 5.92 Å². The van der Waals surface area contributed by atoms with Crippen LogP contribution in [0.1, 0.15) is 27.1 Å². The fourth-order valence-corrected chi connectivity index (χ4v) is 3.17. The number of carbonyl (C=O) groups is 4. The Labute approximate surface area is 171 Å². The van der Waals surface area contributed by atoms with Crippen LogP contribution in [0, 0.1) is 11.7 Å². The van der Waals surface area contributed by atoms with Crippen LogP contribution in [0.15, 0.2) is 42.5 Å². The molecule has 2 aromatic rings. The first-order chi connectivity index (χ1) is 14.3. The maximum Gasteiger partial charge on any atom is 0.339 e. The summed E-state index contributed by atoms with van der Waals surface area (Å²) >= 11 is 0. The number of halogens is 1. The van der Waals surface area contributed by atoms with E-state index in [4.69, 9.17) is 4.74 Å². The first-order valence-corrected chi connectivity index (χ1v) is 9.01. The average molecular weight is 414 g/mol. The van der Waals surface area contributed by atoms with Crippen LogP contribution >= 0.6 is 0 Å². The summed E-state index contributed by atoms with van der Waals surface area (Å²) in [6, 6.07) is 9.42. The topological polar surface area (TPSA) is 102 Å². The molecule has 0 saturated carbocycles. The third-order valence-electron chi connectivity index (χ3n) is 4.74. The van der Waals surface area contributed by atoms with E-state index in [0.29, 0.717) is 5.69 Å². The maximum atomic E-state index is 13.1. The Hall–Kier alpha value is -3.75. The van der Waals surface area contributed by atoms with Crippen molar-refractivity contribution >= 4 is 35.1 Å². The number of rotatable bonds is 5. The standard InChI is InChI=1S/C21H19FN2O6/c1-29-20(27)12-3-8-16(21(28)30-2)17(9-12)23-19(26)13-10-18(25)24(11-13)15-6-4-14(22)5-7-15/h3-9,13H,10-11H2,1-2H3,(H,23,26)/t13-/m1/s1. The van der Waals surface area contributed by atoms with Crippen LogP contribution in [-0.4, -0.2) is 44.5 Å². The van der Waals surface area contributed by atoms with Crippen molar-refractivity contribution in [3.63, 3.8) is 0 Å². The highest BCUT2D eigenvalue weighted by Gasteiger charge is 2.35. The minimum absolute atomic E-state index is 0.0482. The molecule has 30 heavy (non-hydrogen) atoms. The van der Waals surface area contributed by atoms with Crippen molar-refractivity contribution in [1.82, 2.24) is 0 Å². The van der Waals surface area contributed by atoms with Gasteiger partial charge in [0, 0.05) is 18.7 Å². The van der Waals surface area contributed by atoms with Gasteiger partial charge in [-0.15, -0.1) is 0 Å². The summed E-state index contributed by atoms with van der Waals surface area (Å²) in [5.74, 6) is -3.24. The largest absolute Gasteiger partial charge is 0.465 e. The van der Waals surface area contributed by atoms with Crippen LogP contribution in [0.4, 0.5) is 15.8 Å². The van der Waals surface area contributed by atoms with E-state index in [0.717, 1.165) is 0 Å². The zero-order valence-electron chi connectivity index (χ0n) is 16.3. The lowest BCUT2D eigenvalue weighted by atomic mass is 10.1. The van der Waals surface area contributed by atoms with Crippen LogP contribution in [0.2, 0.25) is 0 Å². The Balaban J connectivity index is 1.81. The van der Waals surface area contributed by atoms with Crippen molar-refractivity contribution in [2.75, 3.05) is 31.0 Å². The highest BCUT2D eigenvalue weighted by atomic mass is 19.1. The molecule has 0 radical (unpaired) electrons. The van der Waals surface area contributed by atoms with Gasteiger partial charge >= 0.3 is 11.9 Å². The molecule has 1 aliphatic heterocycles. The van der Waals surface area contributed by atoms with E-state index in [-0.39, 0.29) is 35.7 Å². The van der Waals surface area contributed by atoms with Crippen LogP contribution in [0.5, 0.6) is 0 Å². The fraction of sp³-hybridized carbons (Fsp3) is 0.238. The normalized spacial score (nSPS) is 15.6. The number of hydrogen-bond acceptors (Lipinski definition) is 6. The molecule has 1 aliphatic rings. The molecule has 8 nitrogen and oxygen atoms in total. The predicted molar refractivity (Wildman–Crippen MR) is 105 cm³/mol. The number of benzene rings is 2. The summed E-state index contributed by atoms with van der Waals surface area (Å²) in [4.78, 5) is 50.4. The quantitative estimate of drug-likeness (QED) is 0.754. The van der Waals surface area contributed by atoms with Gasteiger partial charge in [0.25, 0.3) is 0 Å². The molecule has 2 amide bonds. The van der Waals surface area contributed by atoms with Crippen molar-refractivity contribution in [3.8, 4) is 0 Å². The average Bonchev–Trinajstić information content (AvgIpc) is 3.14. The molecule has 1 atom stereocenters. The monoisotopic (exact) mass is 414 g/mol. The molecule has 1 heterocycles. The molecule has 3 rings (SSSR count). The summed E-state index contributed by atoms with van der Waals surface area (Å²) in [6.45, 7) is 0.0978. The SMILES string of the molecule is COC(=O)c1ccc(C(=O)OC)c(NC(=O)[C@@H]2CC(=O)N(c3ccc(F)cc3)C2)c1. The number of methoxy groups -OCH3 is 2. The summed E-state index contributed by atoms with van der Waals surface area (Å²) in [5, 5.41) is 2.60. The van der Waals surface area contributed by atoms with Crippen molar-refractivity contribution in [2.45, 2.75) is 6.42 Å². The van der Waals surface area contributed by atoms with Crippen molar-refractivity contribution in [1.29, 1.82) is 0 Å². The van der Waals surface area contributed by atoms with E-state index in [1.54, 1.807) is 0 Å². The molecule has 0 bridgehead atoms. The summed E-state index contributed by atoms with van der Waals surface area (Å²) in [7, 11) is 2.40. The van der Waals surface area contributed by atoms with Gasteiger partial charge in [0.05, 0.1) is 37.0 Å². The van der Waals surface area contributed by atoms with Crippen molar-refractivity contribution in [3.05, 3.63) is 59.4 Å². The number of nitrogens with zero attached hydrogens (tertiary/aromatic N) is 1. The zero-order valence-corrected chi connectivity index (χ0v) is 16.3. The van der Waals surface area contributed by atoms with Gasteiger partial charge < -0.3 is 19.7 Å². The summed E-state index contributed by atoms with van der Waals surface area (Å²) < 4.78 is 22.5. The highest BCUT2D eigenvalue weighted by Crippen LogP contribution is 2.27. The Morgan fingerprint density at radius 3 is 2.33 bits per heavy atom. The van der Waals surface area contributed by atoms with Crippen LogP contribution in [0.25, 0.3) is 0 Å². The number of esters is 2. The van der Waals surface area contributed by atoms with Gasteiger partial charge in [0.2, 0.25) is 11.8 Å². The molecule has 0 aromatic heterocycles. The van der Waals surface area contributed by atoms with E-state index in [9.17, 15) is 23.6 Å². The number of carbonyl (C=O) groups excluding carboxylic acids is 4. The third-order valence-corrected chi connectivity index (χ3v) is 4.74. The second kappa shape index (κ2) is 8.73. The van der Waals surface area contributed by atoms with E-state index in [1.165, 1.54) is 61.6 Å². The number of anilines is 2. The van der Waals surface area contributed by atoms with Gasteiger partial charge in [-0.05, 0) is 42.5 Å². The Kier molecular flexibility index (Phi) is 6.10. The molecule has 1 N–H and O–H groups in total. The lowest BCUT2D eigenvalue weighted by molar-refractivity contribution is -0.122. The minimum atomic E-state index is -0.699. The molecular weight excluding hydrogens is 395 g/mol. The molecule has 2 aromatic carbocycles. The van der Waals surface area contributed by atoms with Gasteiger partial charge in [-0.2, -0.15) is 0 Å². The molecule has 1 saturated heterocycles. The first kappa shape index (κ1) is 21.0. The van der Waals surface area contributed by atoms with E-state index >= 15 is 0 Å². The predicted octanol–water partition coefficient (Wildman–Crippen LogP) is 2.39. The van der Waals surface area contributed by atoms with E-state index in [2.05, 4.69) is 10.1 Å². The van der Waals surface area contributed by atoms with Gasteiger partial charge in [0.1, 0.15) is 5.82 Å². The molecular formula is C21H19FN2O6. The second-order valence-corrected chi connectivity index (χ2v) is 6.61.